The van der Waals surface area contributed by atoms with Crippen LogP contribution < -0.4 is 14.9 Å². The van der Waals surface area contributed by atoms with Gasteiger partial charge in [0, 0.05) is 10.9 Å². The molecule has 38 heavy (non-hydrogen) atoms. The van der Waals surface area contributed by atoms with Crippen LogP contribution >= 0.6 is 0 Å². The van der Waals surface area contributed by atoms with E-state index < -0.39 is 5.91 Å². The highest BCUT2D eigenvalue weighted by Gasteiger charge is 2.14. The first-order valence-corrected chi connectivity index (χ1v) is 12.5. The second-order valence-electron chi connectivity index (χ2n) is 8.75. The molecule has 5 aromatic rings. The van der Waals surface area contributed by atoms with E-state index in [2.05, 4.69) is 47.4 Å². The van der Waals surface area contributed by atoms with E-state index in [4.69, 9.17) is 13.9 Å². The summed E-state index contributed by atoms with van der Waals surface area (Å²) < 4.78 is 17.8. The lowest BCUT2D eigenvalue weighted by atomic mass is 10.1. The Bertz CT molecular complexity index is 1600. The van der Waals surface area contributed by atoms with E-state index in [0.29, 0.717) is 36.7 Å². The summed E-state index contributed by atoms with van der Waals surface area (Å²) in [6.07, 6.45) is 3.97. The van der Waals surface area contributed by atoms with Crippen molar-refractivity contribution in [2.75, 3.05) is 6.61 Å². The Morgan fingerprint density at radius 2 is 1.74 bits per heavy atom. The van der Waals surface area contributed by atoms with Crippen LogP contribution in [-0.2, 0) is 13.0 Å². The molecule has 5 rings (SSSR count). The molecule has 6 heteroatoms. The third-order valence-corrected chi connectivity index (χ3v) is 6.04. The summed E-state index contributed by atoms with van der Waals surface area (Å²) in [4.78, 5) is 12.5. The van der Waals surface area contributed by atoms with Gasteiger partial charge >= 0.3 is 5.91 Å². The fourth-order valence-electron chi connectivity index (χ4n) is 4.29. The smallest absolute Gasteiger partial charge is 0.307 e. The predicted octanol–water partition coefficient (Wildman–Crippen LogP) is 7.06. The van der Waals surface area contributed by atoms with E-state index in [0.717, 1.165) is 22.1 Å². The Kier molecular flexibility index (Phi) is 7.50. The minimum Gasteiger partial charge on any atom is -0.490 e. The van der Waals surface area contributed by atoms with Crippen molar-refractivity contribution in [3.05, 3.63) is 120 Å². The van der Waals surface area contributed by atoms with Crippen molar-refractivity contribution in [1.82, 2.24) is 5.43 Å². The molecule has 4 aromatic carbocycles. The Morgan fingerprint density at radius 1 is 0.947 bits per heavy atom. The van der Waals surface area contributed by atoms with Crippen LogP contribution in [0.3, 0.4) is 0 Å². The van der Waals surface area contributed by atoms with E-state index >= 15 is 0 Å². The van der Waals surface area contributed by atoms with E-state index in [1.165, 1.54) is 10.8 Å². The van der Waals surface area contributed by atoms with Crippen molar-refractivity contribution in [3.8, 4) is 11.5 Å². The molecule has 0 bridgehead atoms. The third-order valence-electron chi connectivity index (χ3n) is 6.04. The molecular weight excluding hydrogens is 476 g/mol. The molecule has 0 aliphatic carbocycles. The van der Waals surface area contributed by atoms with Crippen LogP contribution in [0.25, 0.3) is 21.7 Å². The summed E-state index contributed by atoms with van der Waals surface area (Å²) in [6.45, 7) is 6.69. The summed E-state index contributed by atoms with van der Waals surface area (Å²) in [5.41, 5.74) is 5.92. The number of benzene rings is 4. The highest BCUT2D eigenvalue weighted by atomic mass is 16.5. The molecule has 0 radical (unpaired) electrons. The van der Waals surface area contributed by atoms with Gasteiger partial charge in [-0.25, -0.2) is 5.43 Å². The molecule has 0 aliphatic heterocycles. The second kappa shape index (κ2) is 11.5. The van der Waals surface area contributed by atoms with Crippen molar-refractivity contribution in [2.45, 2.75) is 20.0 Å². The molecule has 0 saturated heterocycles. The van der Waals surface area contributed by atoms with Crippen LogP contribution in [0.15, 0.2) is 107 Å². The average Bonchev–Trinajstić information content (AvgIpc) is 3.37. The molecule has 6 nitrogen and oxygen atoms in total. The fourth-order valence-corrected chi connectivity index (χ4v) is 4.29. The molecule has 1 aromatic heterocycles. The first kappa shape index (κ1) is 24.8. The number of hydrogen-bond donors (Lipinski definition) is 1. The van der Waals surface area contributed by atoms with Gasteiger partial charge in [0.25, 0.3) is 0 Å². The van der Waals surface area contributed by atoms with Crippen LogP contribution in [0.2, 0.25) is 0 Å². The first-order chi connectivity index (χ1) is 18.6. The van der Waals surface area contributed by atoms with Gasteiger partial charge in [0.15, 0.2) is 17.3 Å². The number of nitrogens with zero attached hydrogens (tertiary/aromatic N) is 1. The minimum atomic E-state index is -0.427. The number of hydrazone groups is 1. The largest absolute Gasteiger partial charge is 0.490 e. The van der Waals surface area contributed by atoms with Crippen molar-refractivity contribution in [2.24, 2.45) is 5.10 Å². The number of para-hydroxylation sites is 1. The van der Waals surface area contributed by atoms with Crippen LogP contribution in [0.5, 0.6) is 11.5 Å². The molecule has 0 saturated carbocycles. The van der Waals surface area contributed by atoms with Crippen molar-refractivity contribution in [1.29, 1.82) is 0 Å². The van der Waals surface area contributed by atoms with Gasteiger partial charge in [-0.2, -0.15) is 5.10 Å². The summed E-state index contributed by atoms with van der Waals surface area (Å²) in [7, 11) is 0. The highest BCUT2D eigenvalue weighted by molar-refractivity contribution is 5.96. The Morgan fingerprint density at radius 3 is 2.53 bits per heavy atom. The van der Waals surface area contributed by atoms with Gasteiger partial charge in [-0.1, -0.05) is 60.7 Å². The number of furan rings is 1. The molecule has 0 atom stereocenters. The van der Waals surface area contributed by atoms with Crippen LogP contribution in [0, 0.1) is 0 Å². The molecule has 0 fully saturated rings. The Labute approximate surface area is 221 Å². The topological polar surface area (TPSA) is 73.1 Å². The molecule has 1 heterocycles. The fraction of sp³-hybridized carbons (Fsp3) is 0.125. The number of ether oxygens (including phenoxy) is 2. The molecule has 1 N–H and O–H groups in total. The standard InChI is InChI=1S/C32H28N2O4/c1-3-9-27-17-23(20-33-34-32(35)30-19-26-12-7-8-13-28(26)38-30)18-29(36-4-2)31(27)37-21-22-14-15-24-10-5-6-11-25(24)16-22/h3,5-8,10-20H,1,4,9,21H2,2H3,(H,34,35)/b33-20+. The summed E-state index contributed by atoms with van der Waals surface area (Å²) in [6, 6.07) is 27.5. The zero-order valence-corrected chi connectivity index (χ0v) is 21.1. The number of amides is 1. The zero-order valence-electron chi connectivity index (χ0n) is 21.1. The number of nitrogens with one attached hydrogen (secondary N) is 1. The Hall–Kier alpha value is -4.84. The van der Waals surface area contributed by atoms with Crippen molar-refractivity contribution >= 4 is 33.9 Å². The molecule has 1 amide bonds. The van der Waals surface area contributed by atoms with E-state index in [9.17, 15) is 4.79 Å². The summed E-state index contributed by atoms with van der Waals surface area (Å²) in [5.74, 6) is 1.05. The third kappa shape index (κ3) is 5.60. The van der Waals surface area contributed by atoms with Crippen LogP contribution in [-0.4, -0.2) is 18.7 Å². The quantitative estimate of drug-likeness (QED) is 0.126. The van der Waals surface area contributed by atoms with E-state index in [1.54, 1.807) is 12.3 Å². The highest BCUT2D eigenvalue weighted by Crippen LogP contribution is 2.34. The van der Waals surface area contributed by atoms with Gasteiger partial charge < -0.3 is 13.9 Å². The van der Waals surface area contributed by atoms with Crippen molar-refractivity contribution in [3.63, 3.8) is 0 Å². The van der Waals surface area contributed by atoms with E-state index in [-0.39, 0.29) is 5.76 Å². The number of fused-ring (bicyclic) bond motifs is 2. The molecule has 0 spiro atoms. The van der Waals surface area contributed by atoms with Gasteiger partial charge in [0.05, 0.1) is 12.8 Å². The maximum absolute atomic E-state index is 12.5. The number of rotatable bonds is 10. The van der Waals surface area contributed by atoms with E-state index in [1.807, 2.05) is 61.5 Å². The van der Waals surface area contributed by atoms with Crippen LogP contribution in [0.4, 0.5) is 0 Å². The lowest BCUT2D eigenvalue weighted by molar-refractivity contribution is 0.0929. The number of carbonyl (C=O) groups excluding carboxylic acids is 1. The lowest BCUT2D eigenvalue weighted by Gasteiger charge is -2.17. The molecule has 190 valence electrons. The van der Waals surface area contributed by atoms with Gasteiger partial charge in [0.2, 0.25) is 0 Å². The van der Waals surface area contributed by atoms with Crippen molar-refractivity contribution < 1.29 is 18.7 Å². The number of hydrogen-bond acceptors (Lipinski definition) is 5. The Balaban J connectivity index is 1.34. The lowest BCUT2D eigenvalue weighted by Crippen LogP contribution is -2.16. The normalized spacial score (nSPS) is 11.2. The second-order valence-corrected chi connectivity index (χ2v) is 8.75. The maximum atomic E-state index is 12.5. The number of carbonyl (C=O) groups is 1. The monoisotopic (exact) mass is 504 g/mol. The van der Waals surface area contributed by atoms with Crippen LogP contribution in [0.1, 0.15) is 34.2 Å². The number of allylic oxidation sites excluding steroid dienone is 1. The van der Waals surface area contributed by atoms with Gasteiger partial charge in [-0.15, -0.1) is 6.58 Å². The molecular formula is C32H28N2O4. The minimum absolute atomic E-state index is 0.197. The zero-order chi connectivity index (χ0) is 26.3. The molecule has 0 unspecified atom stereocenters. The van der Waals surface area contributed by atoms with Gasteiger partial charge in [-0.3, -0.25) is 4.79 Å². The SMILES string of the molecule is C=CCc1cc(/C=N/NC(=O)c2cc3ccccc3o2)cc(OCC)c1OCc1ccc2ccccc2c1. The summed E-state index contributed by atoms with van der Waals surface area (Å²) in [5, 5.41) is 7.35. The summed E-state index contributed by atoms with van der Waals surface area (Å²) >= 11 is 0. The average molecular weight is 505 g/mol. The first-order valence-electron chi connectivity index (χ1n) is 12.5. The van der Waals surface area contributed by atoms with Gasteiger partial charge in [0.1, 0.15) is 12.2 Å². The van der Waals surface area contributed by atoms with Gasteiger partial charge in [-0.05, 0) is 65.6 Å². The maximum Gasteiger partial charge on any atom is 0.307 e. The molecule has 0 aliphatic rings. The predicted molar refractivity (Wildman–Crippen MR) is 151 cm³/mol.